The number of phosphoric ester groups is 2. The molecule has 0 amide bonds. The summed E-state index contributed by atoms with van der Waals surface area (Å²) >= 11 is 0. The number of aryl methyl sites for hydroxylation is 1. The molecule has 1 aliphatic heterocycles. The van der Waals surface area contributed by atoms with Gasteiger partial charge in [-0.15, -0.1) is 0 Å². The Labute approximate surface area is 175 Å². The topological polar surface area (TPSA) is 215 Å². The van der Waals surface area contributed by atoms with Crippen LogP contribution in [0.4, 0.5) is 5.82 Å². The first-order valence-electron chi connectivity index (χ1n) is 8.67. The fraction of sp³-hybridized carbons (Fsp3) is 0.538. The Kier molecular flexibility index (Phi) is 7.07. The second-order valence-electron chi connectivity index (χ2n) is 6.51. The zero-order chi connectivity index (χ0) is 23.0. The van der Waals surface area contributed by atoms with Crippen LogP contribution in [0, 0.1) is 6.92 Å². The molecular formula is C13H21N4O11P3. The third kappa shape index (κ3) is 5.98. The Morgan fingerprint density at radius 3 is 2.52 bits per heavy atom. The van der Waals surface area contributed by atoms with Crippen molar-refractivity contribution in [3.63, 3.8) is 0 Å². The molecule has 5 atom stereocenters. The van der Waals surface area contributed by atoms with E-state index in [-0.39, 0.29) is 0 Å². The van der Waals surface area contributed by atoms with Gasteiger partial charge in [-0.3, -0.25) is 9.05 Å². The van der Waals surface area contributed by atoms with Crippen molar-refractivity contribution in [2.24, 2.45) is 0 Å². The van der Waals surface area contributed by atoms with Crippen LogP contribution in [0.15, 0.2) is 12.5 Å². The minimum absolute atomic E-state index is 0.328. The highest BCUT2D eigenvalue weighted by Gasteiger charge is 2.42. The normalized spacial score (nSPS) is 25.2. The number of nitrogens with zero attached hydrogens (tertiary/aromatic N) is 3. The first-order chi connectivity index (χ1) is 14.3. The van der Waals surface area contributed by atoms with Gasteiger partial charge in [-0.2, -0.15) is 8.62 Å². The van der Waals surface area contributed by atoms with Gasteiger partial charge in [-0.1, -0.05) is 0 Å². The molecule has 5 N–H and O–H groups in total. The molecule has 174 valence electrons. The molecule has 1 saturated heterocycles. The molecule has 1 aliphatic rings. The fourth-order valence-corrected chi connectivity index (χ4v) is 6.32. The van der Waals surface area contributed by atoms with Gasteiger partial charge in [0.25, 0.3) is 0 Å². The highest BCUT2D eigenvalue weighted by Crippen LogP contribution is 2.67. The summed E-state index contributed by atoms with van der Waals surface area (Å²) in [5, 5.41) is 0.690. The van der Waals surface area contributed by atoms with Crippen molar-refractivity contribution in [3.05, 3.63) is 18.1 Å². The van der Waals surface area contributed by atoms with E-state index in [1.807, 2.05) is 6.92 Å². The average molecular weight is 502 g/mol. The molecule has 2 aromatic rings. The van der Waals surface area contributed by atoms with Crippen LogP contribution in [-0.2, 0) is 36.1 Å². The number of hydrogen-bond donors (Lipinski definition) is 4. The van der Waals surface area contributed by atoms with Crippen molar-refractivity contribution in [2.45, 2.75) is 32.1 Å². The van der Waals surface area contributed by atoms with Crippen LogP contribution in [0.3, 0.4) is 0 Å². The minimum Gasteiger partial charge on any atom is -0.383 e. The van der Waals surface area contributed by atoms with Crippen LogP contribution >= 0.6 is 23.5 Å². The lowest BCUT2D eigenvalue weighted by Crippen LogP contribution is -2.16. The lowest BCUT2D eigenvalue weighted by atomic mass is 10.2. The second-order valence-corrected chi connectivity index (χ2v) is 11.3. The Bertz CT molecular complexity index is 1110. The molecule has 31 heavy (non-hydrogen) atoms. The number of nitrogen functional groups attached to an aromatic ring is 1. The molecule has 0 radical (unpaired) electrons. The van der Waals surface area contributed by atoms with Gasteiger partial charge in [0.15, 0.2) is 0 Å². The molecule has 18 heteroatoms. The van der Waals surface area contributed by atoms with Crippen LogP contribution in [0.25, 0.3) is 11.0 Å². The highest BCUT2D eigenvalue weighted by molar-refractivity contribution is 7.66. The van der Waals surface area contributed by atoms with E-state index < -0.39 is 42.4 Å². The van der Waals surface area contributed by atoms with Gasteiger partial charge in [0.1, 0.15) is 24.0 Å². The van der Waals surface area contributed by atoms with Gasteiger partial charge in [0, 0.05) is 13.3 Å². The Hall–Kier alpha value is -1.21. The Balaban J connectivity index is 1.61. The summed E-state index contributed by atoms with van der Waals surface area (Å²) in [5.74, 6) is 0.328. The standard InChI is InChI=1S/C13H21N4O11P3/c1-8-5-17(13-11(8)12(14)15-7-16-13)10-4-3-9(26-10)6-25-30(20,21)28-31(22,23)27-29(18,19)24-2/h5,7,9-10H,3-4,6H2,1-2H3,(H,18,19)(H,20,21)(H,22,23)(H2,14,15,16)/t9-,10+/m0/s1. The zero-order valence-corrected chi connectivity index (χ0v) is 19.0. The van der Waals surface area contributed by atoms with Gasteiger partial charge in [-0.05, 0) is 25.3 Å². The van der Waals surface area contributed by atoms with E-state index in [9.17, 15) is 23.5 Å². The maximum absolute atomic E-state index is 11.9. The summed E-state index contributed by atoms with van der Waals surface area (Å²) in [6, 6.07) is 0. The van der Waals surface area contributed by atoms with Gasteiger partial charge in [-0.25, -0.2) is 23.7 Å². The summed E-state index contributed by atoms with van der Waals surface area (Å²) < 4.78 is 58.7. The summed E-state index contributed by atoms with van der Waals surface area (Å²) in [7, 11) is -14.8. The van der Waals surface area contributed by atoms with Gasteiger partial charge in [0.05, 0.1) is 18.1 Å². The zero-order valence-electron chi connectivity index (χ0n) is 16.3. The predicted octanol–water partition coefficient (Wildman–Crippen LogP) is 2.00. The second kappa shape index (κ2) is 8.97. The summed E-state index contributed by atoms with van der Waals surface area (Å²) in [5.41, 5.74) is 7.31. The maximum Gasteiger partial charge on any atom is 0.490 e. The van der Waals surface area contributed by atoms with Crippen LogP contribution in [0.2, 0.25) is 0 Å². The number of hydrogen-bond acceptors (Lipinski definition) is 11. The van der Waals surface area contributed by atoms with Crippen molar-refractivity contribution in [1.29, 1.82) is 0 Å². The van der Waals surface area contributed by atoms with Gasteiger partial charge in [0.2, 0.25) is 0 Å². The minimum atomic E-state index is -5.45. The summed E-state index contributed by atoms with van der Waals surface area (Å²) in [6.07, 6.45) is 2.94. The fourth-order valence-electron chi connectivity index (χ4n) is 3.04. The van der Waals surface area contributed by atoms with Crippen molar-refractivity contribution in [2.75, 3.05) is 19.5 Å². The quantitative estimate of drug-likeness (QED) is 0.361. The Morgan fingerprint density at radius 2 is 1.84 bits per heavy atom. The molecule has 15 nitrogen and oxygen atoms in total. The molecule has 0 bridgehead atoms. The van der Waals surface area contributed by atoms with E-state index in [1.165, 1.54) is 6.33 Å². The number of fused-ring (bicyclic) bond motifs is 1. The molecule has 0 aromatic carbocycles. The van der Waals surface area contributed by atoms with Gasteiger partial charge < -0.3 is 29.7 Å². The maximum atomic E-state index is 11.9. The van der Waals surface area contributed by atoms with E-state index in [4.69, 9.17) is 15.4 Å². The number of anilines is 1. The molecule has 0 aliphatic carbocycles. The molecular weight excluding hydrogens is 481 g/mol. The third-order valence-corrected chi connectivity index (χ3v) is 8.53. The van der Waals surface area contributed by atoms with Crippen LogP contribution < -0.4 is 5.73 Å². The van der Waals surface area contributed by atoms with Crippen LogP contribution in [0.5, 0.6) is 0 Å². The molecule has 3 unspecified atom stereocenters. The molecule has 3 rings (SSSR count). The third-order valence-electron chi connectivity index (χ3n) is 4.29. The number of rotatable bonds is 9. The van der Waals surface area contributed by atoms with E-state index in [0.29, 0.717) is 29.7 Å². The number of nitrogens with two attached hydrogens (primary N) is 1. The first kappa shape index (κ1) is 24.4. The predicted molar refractivity (Wildman–Crippen MR) is 104 cm³/mol. The summed E-state index contributed by atoms with van der Waals surface area (Å²) in [4.78, 5) is 36.2. The van der Waals surface area contributed by atoms with Gasteiger partial charge >= 0.3 is 23.5 Å². The molecule has 2 aromatic heterocycles. The van der Waals surface area contributed by atoms with Crippen LogP contribution in [-0.4, -0.2) is 49.0 Å². The number of ether oxygens (including phenoxy) is 1. The Morgan fingerprint density at radius 1 is 1.16 bits per heavy atom. The highest BCUT2D eigenvalue weighted by atomic mass is 31.3. The van der Waals surface area contributed by atoms with E-state index in [2.05, 4.69) is 27.6 Å². The average Bonchev–Trinajstić information content (AvgIpc) is 3.23. The number of aromatic nitrogens is 3. The summed E-state index contributed by atoms with van der Waals surface area (Å²) in [6.45, 7) is 1.37. The lowest BCUT2D eigenvalue weighted by molar-refractivity contribution is -0.0203. The molecule has 0 saturated carbocycles. The molecule has 1 fully saturated rings. The van der Waals surface area contributed by atoms with Crippen molar-refractivity contribution < 1.29 is 50.8 Å². The molecule has 3 heterocycles. The largest absolute Gasteiger partial charge is 0.490 e. The van der Waals surface area contributed by atoms with Crippen molar-refractivity contribution in [1.82, 2.24) is 14.5 Å². The first-order valence-corrected chi connectivity index (χ1v) is 13.2. The van der Waals surface area contributed by atoms with E-state index in [0.717, 1.165) is 12.7 Å². The number of phosphoric acid groups is 3. The SMILES string of the molecule is COP(=O)(O)OP(=O)(O)OP(=O)(O)OC[C@@H]1CC[C@H](n2cc(C)c3c(N)ncnc32)O1. The van der Waals surface area contributed by atoms with Crippen molar-refractivity contribution in [3.8, 4) is 0 Å². The molecule has 0 spiro atoms. The van der Waals surface area contributed by atoms with Crippen molar-refractivity contribution >= 4 is 40.3 Å². The van der Waals surface area contributed by atoms with E-state index in [1.54, 1.807) is 10.8 Å². The lowest BCUT2D eigenvalue weighted by Gasteiger charge is -2.19. The van der Waals surface area contributed by atoms with E-state index >= 15 is 0 Å². The smallest absolute Gasteiger partial charge is 0.383 e. The van der Waals surface area contributed by atoms with Crippen LogP contribution in [0.1, 0.15) is 24.6 Å². The monoisotopic (exact) mass is 502 g/mol.